The summed E-state index contributed by atoms with van der Waals surface area (Å²) in [4.78, 5) is 30.2. The third-order valence-corrected chi connectivity index (χ3v) is 4.27. The van der Waals surface area contributed by atoms with Crippen LogP contribution in [0.3, 0.4) is 0 Å². The van der Waals surface area contributed by atoms with Crippen molar-refractivity contribution in [1.82, 2.24) is 9.97 Å². The average Bonchev–Trinajstić information content (AvgIpc) is 2.73. The van der Waals surface area contributed by atoms with Gasteiger partial charge in [-0.3, -0.25) is 20.2 Å². The highest BCUT2D eigenvalue weighted by Crippen LogP contribution is 2.31. The molecule has 0 aliphatic carbocycles. The van der Waals surface area contributed by atoms with Gasteiger partial charge in [-0.2, -0.15) is 0 Å². The number of benzene rings is 3. The molecule has 0 saturated heterocycles. The standard InChI is InChI=1S/C20H12N4O4/c25-23(26)15-10-8-13(9-11-15)20-21-18-7-2-1-6-17(18)19(22-20)14-4-3-5-16(12-14)24(27)28/h1-12H. The smallest absolute Gasteiger partial charge is 0.258 e. The number of non-ortho nitro benzene ring substituents is 2. The van der Waals surface area contributed by atoms with Gasteiger partial charge in [-0.15, -0.1) is 0 Å². The molecule has 0 atom stereocenters. The first-order valence-electron chi connectivity index (χ1n) is 8.29. The molecule has 0 bridgehead atoms. The lowest BCUT2D eigenvalue weighted by Gasteiger charge is -2.09. The van der Waals surface area contributed by atoms with Crippen LogP contribution in [0.4, 0.5) is 11.4 Å². The van der Waals surface area contributed by atoms with E-state index in [4.69, 9.17) is 0 Å². The molecule has 0 N–H and O–H groups in total. The minimum absolute atomic E-state index is 0.0246. The summed E-state index contributed by atoms with van der Waals surface area (Å²) in [5.41, 5.74) is 2.38. The number of hydrogen-bond acceptors (Lipinski definition) is 6. The van der Waals surface area contributed by atoms with Gasteiger partial charge in [-0.25, -0.2) is 9.97 Å². The van der Waals surface area contributed by atoms with E-state index >= 15 is 0 Å². The fourth-order valence-electron chi connectivity index (χ4n) is 2.92. The van der Waals surface area contributed by atoms with Crippen LogP contribution in [-0.4, -0.2) is 19.8 Å². The van der Waals surface area contributed by atoms with E-state index in [1.54, 1.807) is 24.3 Å². The number of aromatic nitrogens is 2. The molecule has 28 heavy (non-hydrogen) atoms. The van der Waals surface area contributed by atoms with Gasteiger partial charge in [0.1, 0.15) is 0 Å². The number of nitrogens with zero attached hydrogens (tertiary/aromatic N) is 4. The van der Waals surface area contributed by atoms with E-state index in [1.165, 1.54) is 24.3 Å². The number of nitro groups is 2. The van der Waals surface area contributed by atoms with Crippen molar-refractivity contribution in [3.8, 4) is 22.6 Å². The van der Waals surface area contributed by atoms with Gasteiger partial charge < -0.3 is 0 Å². The molecule has 4 aromatic rings. The van der Waals surface area contributed by atoms with Crippen LogP contribution in [0.25, 0.3) is 33.5 Å². The Morgan fingerprint density at radius 2 is 1.39 bits per heavy atom. The highest BCUT2D eigenvalue weighted by atomic mass is 16.6. The lowest BCUT2D eigenvalue weighted by molar-refractivity contribution is -0.385. The Kier molecular flexibility index (Phi) is 4.21. The predicted molar refractivity (Wildman–Crippen MR) is 104 cm³/mol. The number of para-hydroxylation sites is 1. The van der Waals surface area contributed by atoms with Crippen LogP contribution in [-0.2, 0) is 0 Å². The number of nitro benzene ring substituents is 2. The minimum Gasteiger partial charge on any atom is -0.258 e. The summed E-state index contributed by atoms with van der Waals surface area (Å²) in [6.07, 6.45) is 0. The highest BCUT2D eigenvalue weighted by molar-refractivity contribution is 5.93. The zero-order valence-corrected chi connectivity index (χ0v) is 14.4. The van der Waals surface area contributed by atoms with Gasteiger partial charge >= 0.3 is 0 Å². The summed E-state index contributed by atoms with van der Waals surface area (Å²) in [6, 6.07) is 19.6. The molecule has 0 spiro atoms. The minimum atomic E-state index is -0.473. The Balaban J connectivity index is 1.92. The van der Waals surface area contributed by atoms with Gasteiger partial charge in [0.2, 0.25) is 0 Å². The van der Waals surface area contributed by atoms with Gasteiger partial charge in [-0.05, 0) is 18.2 Å². The van der Waals surface area contributed by atoms with E-state index in [1.807, 2.05) is 24.3 Å². The van der Waals surface area contributed by atoms with Crippen LogP contribution in [0.5, 0.6) is 0 Å². The second-order valence-corrected chi connectivity index (χ2v) is 6.02. The average molecular weight is 372 g/mol. The van der Waals surface area contributed by atoms with Crippen molar-refractivity contribution in [2.75, 3.05) is 0 Å². The first-order chi connectivity index (χ1) is 13.5. The van der Waals surface area contributed by atoms with Crippen molar-refractivity contribution in [1.29, 1.82) is 0 Å². The molecular weight excluding hydrogens is 360 g/mol. The molecule has 0 radical (unpaired) electrons. The molecular formula is C20H12N4O4. The van der Waals surface area contributed by atoms with Crippen molar-refractivity contribution in [2.24, 2.45) is 0 Å². The molecule has 0 fully saturated rings. The predicted octanol–water partition coefficient (Wildman–Crippen LogP) is 4.78. The molecule has 1 heterocycles. The fourth-order valence-corrected chi connectivity index (χ4v) is 2.92. The van der Waals surface area contributed by atoms with Crippen molar-refractivity contribution in [2.45, 2.75) is 0 Å². The SMILES string of the molecule is O=[N+]([O-])c1ccc(-c2nc(-c3cccc([N+](=O)[O-])c3)c3ccccc3n2)cc1. The number of rotatable bonds is 4. The fraction of sp³-hybridized carbons (Fsp3) is 0. The van der Waals surface area contributed by atoms with Crippen LogP contribution in [0.1, 0.15) is 0 Å². The summed E-state index contributed by atoms with van der Waals surface area (Å²) < 4.78 is 0. The van der Waals surface area contributed by atoms with Crippen molar-refractivity contribution in [3.05, 3.63) is 93.0 Å². The van der Waals surface area contributed by atoms with E-state index in [-0.39, 0.29) is 11.4 Å². The topological polar surface area (TPSA) is 112 Å². The maximum atomic E-state index is 11.1. The van der Waals surface area contributed by atoms with Crippen LogP contribution >= 0.6 is 0 Å². The second-order valence-electron chi connectivity index (χ2n) is 6.02. The van der Waals surface area contributed by atoms with Crippen LogP contribution in [0.2, 0.25) is 0 Å². The third-order valence-electron chi connectivity index (χ3n) is 4.27. The quantitative estimate of drug-likeness (QED) is 0.376. The van der Waals surface area contributed by atoms with Crippen LogP contribution < -0.4 is 0 Å². The van der Waals surface area contributed by atoms with Crippen LogP contribution in [0, 0.1) is 20.2 Å². The Morgan fingerprint density at radius 1 is 0.679 bits per heavy atom. The number of hydrogen-bond donors (Lipinski definition) is 0. The zero-order chi connectivity index (χ0) is 19.7. The lowest BCUT2D eigenvalue weighted by Crippen LogP contribution is -1.96. The third kappa shape index (κ3) is 3.14. The molecule has 8 nitrogen and oxygen atoms in total. The Morgan fingerprint density at radius 3 is 2.11 bits per heavy atom. The van der Waals surface area contributed by atoms with Crippen molar-refractivity contribution >= 4 is 22.3 Å². The van der Waals surface area contributed by atoms with Gasteiger partial charge in [-0.1, -0.05) is 30.3 Å². The normalized spacial score (nSPS) is 10.7. The molecule has 1 aromatic heterocycles. The van der Waals surface area contributed by atoms with Gasteiger partial charge in [0, 0.05) is 40.8 Å². The molecule has 4 rings (SSSR count). The maximum Gasteiger partial charge on any atom is 0.270 e. The van der Waals surface area contributed by atoms with E-state index in [0.29, 0.717) is 28.2 Å². The molecule has 0 aliphatic heterocycles. The molecule has 3 aromatic carbocycles. The first-order valence-corrected chi connectivity index (χ1v) is 8.29. The summed E-state index contributed by atoms with van der Waals surface area (Å²) in [7, 11) is 0. The van der Waals surface area contributed by atoms with Crippen molar-refractivity contribution < 1.29 is 9.85 Å². The molecule has 136 valence electrons. The Labute approximate surface area is 158 Å². The van der Waals surface area contributed by atoms with E-state index in [0.717, 1.165) is 5.39 Å². The van der Waals surface area contributed by atoms with E-state index in [2.05, 4.69) is 9.97 Å². The molecule has 0 aliphatic rings. The van der Waals surface area contributed by atoms with Gasteiger partial charge in [0.15, 0.2) is 5.82 Å². The summed E-state index contributed by atoms with van der Waals surface area (Å²) in [6.45, 7) is 0. The maximum absolute atomic E-state index is 11.1. The van der Waals surface area contributed by atoms with Gasteiger partial charge in [0.05, 0.1) is 21.1 Å². The van der Waals surface area contributed by atoms with Gasteiger partial charge in [0.25, 0.3) is 11.4 Å². The van der Waals surface area contributed by atoms with E-state index in [9.17, 15) is 20.2 Å². The first kappa shape index (κ1) is 17.2. The summed E-state index contributed by atoms with van der Waals surface area (Å²) in [5, 5.41) is 22.8. The summed E-state index contributed by atoms with van der Waals surface area (Å²) >= 11 is 0. The Hall–Kier alpha value is -4.20. The molecule has 0 saturated carbocycles. The Bertz CT molecular complexity index is 1220. The molecule has 8 heteroatoms. The highest BCUT2D eigenvalue weighted by Gasteiger charge is 2.14. The monoisotopic (exact) mass is 372 g/mol. The second kappa shape index (κ2) is 6.84. The van der Waals surface area contributed by atoms with Crippen molar-refractivity contribution in [3.63, 3.8) is 0 Å². The molecule has 0 amide bonds. The lowest BCUT2D eigenvalue weighted by atomic mass is 10.0. The number of fused-ring (bicyclic) bond motifs is 1. The van der Waals surface area contributed by atoms with Crippen LogP contribution in [0.15, 0.2) is 72.8 Å². The zero-order valence-electron chi connectivity index (χ0n) is 14.4. The largest absolute Gasteiger partial charge is 0.270 e. The molecule has 0 unspecified atom stereocenters. The summed E-state index contributed by atoms with van der Waals surface area (Å²) in [5.74, 6) is 0.384. The van der Waals surface area contributed by atoms with E-state index < -0.39 is 9.85 Å².